The standard InChI is InChI=1S/C24H33N7O4/c1-24(2,3)35-23(32)28-18-12-13-30(15-18)19-10-8-17(9-11-19)27-22-25-14-20(31(33)34)21(29-22)26-16-6-4-5-7-16/h8-11,14,16,18H,4-7,12-13,15H2,1-3H3,(H,28,32)(H2,25,26,27,29). The van der Waals surface area contributed by atoms with Crippen LogP contribution < -0.4 is 20.9 Å². The minimum atomic E-state index is -0.522. The summed E-state index contributed by atoms with van der Waals surface area (Å²) >= 11 is 0. The van der Waals surface area contributed by atoms with Crippen LogP contribution in [0.25, 0.3) is 0 Å². The Balaban J connectivity index is 1.36. The summed E-state index contributed by atoms with van der Waals surface area (Å²) in [5.74, 6) is 0.545. The van der Waals surface area contributed by atoms with E-state index < -0.39 is 16.6 Å². The van der Waals surface area contributed by atoms with Gasteiger partial charge in [0, 0.05) is 30.5 Å². The molecule has 1 amide bonds. The number of alkyl carbamates (subject to hydrolysis) is 1. The first kappa shape index (κ1) is 24.5. The van der Waals surface area contributed by atoms with Crippen molar-refractivity contribution in [2.75, 3.05) is 28.6 Å². The lowest BCUT2D eigenvalue weighted by atomic mass is 10.2. The summed E-state index contributed by atoms with van der Waals surface area (Å²) < 4.78 is 5.35. The molecule has 11 nitrogen and oxygen atoms in total. The highest BCUT2D eigenvalue weighted by Crippen LogP contribution is 2.29. The van der Waals surface area contributed by atoms with Gasteiger partial charge in [-0.15, -0.1) is 0 Å². The molecule has 0 bridgehead atoms. The van der Waals surface area contributed by atoms with E-state index in [0.717, 1.165) is 50.0 Å². The Morgan fingerprint density at radius 3 is 2.51 bits per heavy atom. The van der Waals surface area contributed by atoms with Gasteiger partial charge in [-0.3, -0.25) is 10.1 Å². The fourth-order valence-corrected chi connectivity index (χ4v) is 4.41. The van der Waals surface area contributed by atoms with Crippen molar-refractivity contribution in [2.45, 2.75) is 70.6 Å². The SMILES string of the molecule is CC(C)(C)OC(=O)NC1CCN(c2ccc(Nc3ncc([N+](=O)[O-])c(NC4CCCC4)n3)cc2)C1. The molecule has 1 aliphatic carbocycles. The Labute approximate surface area is 204 Å². The van der Waals surface area contributed by atoms with Gasteiger partial charge in [0.2, 0.25) is 11.8 Å². The Hall–Kier alpha value is -3.63. The fraction of sp³-hybridized carbons (Fsp3) is 0.542. The number of ether oxygens (including phenoxy) is 1. The van der Waals surface area contributed by atoms with Gasteiger partial charge in [-0.2, -0.15) is 4.98 Å². The molecule has 2 fully saturated rings. The summed E-state index contributed by atoms with van der Waals surface area (Å²) in [5, 5.41) is 20.7. The number of anilines is 4. The zero-order valence-corrected chi connectivity index (χ0v) is 20.4. The molecule has 2 aromatic rings. The third kappa shape index (κ3) is 6.71. The first-order valence-corrected chi connectivity index (χ1v) is 12.1. The number of hydrogen-bond acceptors (Lipinski definition) is 9. The normalized spacial score (nSPS) is 18.4. The van der Waals surface area contributed by atoms with E-state index in [9.17, 15) is 14.9 Å². The minimum absolute atomic E-state index is 0.0296. The van der Waals surface area contributed by atoms with Gasteiger partial charge in [-0.25, -0.2) is 9.78 Å². The molecular formula is C24H33N7O4. The molecule has 1 aromatic heterocycles. The molecule has 35 heavy (non-hydrogen) atoms. The van der Waals surface area contributed by atoms with Crippen molar-refractivity contribution in [3.8, 4) is 0 Å². The molecule has 1 saturated carbocycles. The average Bonchev–Trinajstić information content (AvgIpc) is 3.45. The number of nitro groups is 1. The van der Waals surface area contributed by atoms with Crippen molar-refractivity contribution in [1.82, 2.24) is 15.3 Å². The average molecular weight is 484 g/mol. The molecule has 3 N–H and O–H groups in total. The Kier molecular flexibility index (Phi) is 7.23. The molecule has 4 rings (SSSR count). The summed E-state index contributed by atoms with van der Waals surface area (Å²) in [6, 6.07) is 8.03. The topological polar surface area (TPSA) is 135 Å². The van der Waals surface area contributed by atoms with Crippen molar-refractivity contribution in [1.29, 1.82) is 0 Å². The van der Waals surface area contributed by atoms with Crippen LogP contribution in [0.4, 0.5) is 33.6 Å². The highest BCUT2D eigenvalue weighted by Gasteiger charge is 2.26. The van der Waals surface area contributed by atoms with Crippen molar-refractivity contribution in [2.24, 2.45) is 0 Å². The van der Waals surface area contributed by atoms with Crippen LogP contribution in [0, 0.1) is 10.1 Å². The third-order valence-electron chi connectivity index (χ3n) is 6.06. The highest BCUT2D eigenvalue weighted by atomic mass is 16.6. The summed E-state index contributed by atoms with van der Waals surface area (Å²) in [7, 11) is 0. The van der Waals surface area contributed by atoms with Gasteiger partial charge < -0.3 is 25.6 Å². The lowest BCUT2D eigenvalue weighted by Gasteiger charge is -2.22. The van der Waals surface area contributed by atoms with Crippen molar-refractivity contribution >= 4 is 34.9 Å². The number of hydrogen-bond donors (Lipinski definition) is 3. The maximum atomic E-state index is 12.0. The Morgan fingerprint density at radius 2 is 1.86 bits per heavy atom. The number of aromatic nitrogens is 2. The molecule has 188 valence electrons. The van der Waals surface area contributed by atoms with Gasteiger partial charge in [-0.05, 0) is 64.3 Å². The maximum absolute atomic E-state index is 12.0. The Morgan fingerprint density at radius 1 is 1.14 bits per heavy atom. The monoisotopic (exact) mass is 483 g/mol. The molecule has 0 spiro atoms. The van der Waals surface area contributed by atoms with Crippen LogP contribution in [0.1, 0.15) is 52.9 Å². The first-order valence-electron chi connectivity index (χ1n) is 12.1. The Bertz CT molecular complexity index is 1050. The molecule has 0 radical (unpaired) electrons. The molecular weight excluding hydrogens is 450 g/mol. The number of benzene rings is 1. The molecule has 1 atom stereocenters. The van der Waals surface area contributed by atoms with Gasteiger partial charge in [-0.1, -0.05) is 12.8 Å². The predicted octanol–water partition coefficient (Wildman–Crippen LogP) is 4.59. The van der Waals surface area contributed by atoms with Gasteiger partial charge >= 0.3 is 11.8 Å². The molecule has 1 unspecified atom stereocenters. The van der Waals surface area contributed by atoms with E-state index in [2.05, 4.69) is 30.8 Å². The zero-order valence-electron chi connectivity index (χ0n) is 20.4. The van der Waals surface area contributed by atoms with Crippen molar-refractivity contribution in [3.05, 3.63) is 40.6 Å². The number of nitrogens with zero attached hydrogens (tertiary/aromatic N) is 4. The van der Waals surface area contributed by atoms with E-state index in [1.54, 1.807) is 0 Å². The lowest BCUT2D eigenvalue weighted by Crippen LogP contribution is -2.40. The number of carbonyl (C=O) groups excluding carboxylic acids is 1. The highest BCUT2D eigenvalue weighted by molar-refractivity contribution is 5.68. The van der Waals surface area contributed by atoms with Crippen LogP contribution in [-0.4, -0.2) is 51.8 Å². The van der Waals surface area contributed by atoms with Gasteiger partial charge in [0.1, 0.15) is 11.8 Å². The number of rotatable bonds is 7. The summed E-state index contributed by atoms with van der Waals surface area (Å²) in [4.78, 5) is 33.7. The largest absolute Gasteiger partial charge is 0.444 e. The molecule has 1 aromatic carbocycles. The number of carbonyl (C=O) groups is 1. The van der Waals surface area contributed by atoms with E-state index in [-0.39, 0.29) is 23.6 Å². The summed E-state index contributed by atoms with van der Waals surface area (Å²) in [6.07, 6.45) is 5.88. The van der Waals surface area contributed by atoms with Crippen LogP contribution in [0.5, 0.6) is 0 Å². The van der Waals surface area contributed by atoms with E-state index in [4.69, 9.17) is 4.74 Å². The van der Waals surface area contributed by atoms with E-state index in [1.807, 2.05) is 45.0 Å². The van der Waals surface area contributed by atoms with Crippen LogP contribution in [-0.2, 0) is 4.74 Å². The summed E-state index contributed by atoms with van der Waals surface area (Å²) in [5.41, 5.74) is 1.17. The number of nitrogens with one attached hydrogen (secondary N) is 3. The van der Waals surface area contributed by atoms with Gasteiger partial charge in [0.05, 0.1) is 11.0 Å². The van der Waals surface area contributed by atoms with Crippen LogP contribution in [0.2, 0.25) is 0 Å². The van der Waals surface area contributed by atoms with Crippen LogP contribution in [0.15, 0.2) is 30.5 Å². The molecule has 1 saturated heterocycles. The first-order chi connectivity index (χ1) is 16.7. The van der Waals surface area contributed by atoms with Crippen molar-refractivity contribution in [3.63, 3.8) is 0 Å². The van der Waals surface area contributed by atoms with E-state index >= 15 is 0 Å². The van der Waals surface area contributed by atoms with E-state index in [1.165, 1.54) is 6.20 Å². The second-order valence-corrected chi connectivity index (χ2v) is 10.1. The molecule has 2 heterocycles. The van der Waals surface area contributed by atoms with Gasteiger partial charge in [0.25, 0.3) is 0 Å². The molecule has 1 aliphatic heterocycles. The molecule has 11 heteroatoms. The minimum Gasteiger partial charge on any atom is -0.444 e. The second-order valence-electron chi connectivity index (χ2n) is 10.1. The van der Waals surface area contributed by atoms with Gasteiger partial charge in [0.15, 0.2) is 0 Å². The fourth-order valence-electron chi connectivity index (χ4n) is 4.41. The van der Waals surface area contributed by atoms with Crippen LogP contribution in [0.3, 0.4) is 0 Å². The van der Waals surface area contributed by atoms with E-state index in [0.29, 0.717) is 12.5 Å². The smallest absolute Gasteiger partial charge is 0.407 e. The molecule has 2 aliphatic rings. The number of amides is 1. The quantitative estimate of drug-likeness (QED) is 0.382. The second kappa shape index (κ2) is 10.3. The lowest BCUT2D eigenvalue weighted by molar-refractivity contribution is -0.384. The third-order valence-corrected chi connectivity index (χ3v) is 6.06. The predicted molar refractivity (Wildman–Crippen MR) is 134 cm³/mol. The van der Waals surface area contributed by atoms with Crippen molar-refractivity contribution < 1.29 is 14.5 Å². The van der Waals surface area contributed by atoms with Crippen LogP contribution >= 0.6 is 0 Å². The zero-order chi connectivity index (χ0) is 25.0. The summed E-state index contributed by atoms with van der Waals surface area (Å²) in [6.45, 7) is 7.07. The maximum Gasteiger partial charge on any atom is 0.407 e.